The molecule has 2 saturated heterocycles. The molecule has 2 heteroatoms. The standard InChI is InChI=1S/C10H16FN.C2H6/c1-3-10-4-8(2)6-12(10)7-9(11)5-10;1-2/h9H,2-7H2,1H3;1-2H3/t9-,10-;/m0./s1. The molecule has 2 aliphatic rings. The lowest BCUT2D eigenvalue weighted by Gasteiger charge is -2.29. The second kappa shape index (κ2) is 4.43. The van der Waals surface area contributed by atoms with Gasteiger partial charge in [-0.05, 0) is 19.3 Å². The van der Waals surface area contributed by atoms with Crippen molar-refractivity contribution in [2.75, 3.05) is 13.1 Å². The normalized spacial score (nSPS) is 36.6. The smallest absolute Gasteiger partial charge is 0.115 e. The van der Waals surface area contributed by atoms with Crippen LogP contribution in [0.15, 0.2) is 12.2 Å². The van der Waals surface area contributed by atoms with Crippen LogP contribution in [-0.4, -0.2) is 29.7 Å². The largest absolute Gasteiger partial charge is 0.290 e. The first-order valence-corrected chi connectivity index (χ1v) is 5.72. The maximum absolute atomic E-state index is 13.1. The molecule has 0 aliphatic carbocycles. The van der Waals surface area contributed by atoms with Gasteiger partial charge in [-0.2, -0.15) is 0 Å². The topological polar surface area (TPSA) is 3.24 Å². The molecule has 1 nitrogen and oxygen atoms in total. The van der Waals surface area contributed by atoms with Gasteiger partial charge in [-0.15, -0.1) is 0 Å². The molecular weight excluding hydrogens is 177 g/mol. The van der Waals surface area contributed by atoms with Crippen LogP contribution >= 0.6 is 0 Å². The van der Waals surface area contributed by atoms with Crippen LogP contribution in [0.5, 0.6) is 0 Å². The first-order chi connectivity index (χ1) is 6.66. The van der Waals surface area contributed by atoms with E-state index in [1.807, 2.05) is 13.8 Å². The first-order valence-electron chi connectivity index (χ1n) is 5.72. The van der Waals surface area contributed by atoms with Gasteiger partial charge in [0, 0.05) is 18.6 Å². The lowest BCUT2D eigenvalue weighted by atomic mass is 9.90. The number of hydrogen-bond donors (Lipinski definition) is 0. The van der Waals surface area contributed by atoms with E-state index in [2.05, 4.69) is 18.4 Å². The van der Waals surface area contributed by atoms with E-state index in [0.717, 1.165) is 25.8 Å². The number of alkyl halides is 1. The summed E-state index contributed by atoms with van der Waals surface area (Å²) >= 11 is 0. The highest BCUT2D eigenvalue weighted by Gasteiger charge is 2.48. The highest BCUT2D eigenvalue weighted by Crippen LogP contribution is 2.43. The molecule has 2 heterocycles. The second-order valence-corrected chi connectivity index (χ2v) is 4.19. The van der Waals surface area contributed by atoms with Gasteiger partial charge in [0.1, 0.15) is 6.17 Å². The highest BCUT2D eigenvalue weighted by molar-refractivity contribution is 5.18. The van der Waals surface area contributed by atoms with Crippen molar-refractivity contribution < 1.29 is 4.39 Å². The molecule has 0 aromatic carbocycles. The third kappa shape index (κ3) is 1.85. The van der Waals surface area contributed by atoms with Gasteiger partial charge in [-0.1, -0.05) is 32.9 Å². The van der Waals surface area contributed by atoms with Gasteiger partial charge < -0.3 is 0 Å². The number of halogens is 1. The lowest BCUT2D eigenvalue weighted by Crippen LogP contribution is -2.37. The Hall–Kier alpha value is -0.370. The Morgan fingerprint density at radius 2 is 2.21 bits per heavy atom. The van der Waals surface area contributed by atoms with Gasteiger partial charge >= 0.3 is 0 Å². The van der Waals surface area contributed by atoms with E-state index in [1.54, 1.807) is 0 Å². The van der Waals surface area contributed by atoms with Crippen LogP contribution in [0.4, 0.5) is 4.39 Å². The zero-order chi connectivity index (χ0) is 10.8. The van der Waals surface area contributed by atoms with Crippen molar-refractivity contribution >= 4 is 0 Å². The zero-order valence-corrected chi connectivity index (χ0v) is 9.65. The van der Waals surface area contributed by atoms with Crippen molar-refractivity contribution in [2.24, 2.45) is 0 Å². The monoisotopic (exact) mass is 199 g/mol. The van der Waals surface area contributed by atoms with E-state index in [1.165, 1.54) is 5.57 Å². The lowest BCUT2D eigenvalue weighted by molar-refractivity contribution is 0.189. The minimum Gasteiger partial charge on any atom is -0.290 e. The first kappa shape index (κ1) is 11.7. The Kier molecular flexibility index (Phi) is 3.71. The minimum absolute atomic E-state index is 0.149. The molecule has 2 rings (SSSR count). The van der Waals surface area contributed by atoms with Crippen LogP contribution in [0.3, 0.4) is 0 Å². The maximum atomic E-state index is 13.1. The molecule has 0 radical (unpaired) electrons. The summed E-state index contributed by atoms with van der Waals surface area (Å²) in [6, 6.07) is 0. The predicted molar refractivity (Wildman–Crippen MR) is 59.2 cm³/mol. The van der Waals surface area contributed by atoms with Crippen LogP contribution in [0, 0.1) is 0 Å². The van der Waals surface area contributed by atoms with Gasteiger partial charge in [0.05, 0.1) is 0 Å². The summed E-state index contributed by atoms with van der Waals surface area (Å²) in [6.07, 6.45) is 2.21. The third-order valence-corrected chi connectivity index (χ3v) is 3.34. The molecule has 82 valence electrons. The van der Waals surface area contributed by atoms with E-state index in [-0.39, 0.29) is 5.54 Å². The number of hydrogen-bond acceptors (Lipinski definition) is 1. The molecule has 0 unspecified atom stereocenters. The van der Waals surface area contributed by atoms with Crippen molar-refractivity contribution in [1.82, 2.24) is 4.90 Å². The Morgan fingerprint density at radius 1 is 1.57 bits per heavy atom. The van der Waals surface area contributed by atoms with Crippen LogP contribution in [0.1, 0.15) is 40.0 Å². The average molecular weight is 199 g/mol. The van der Waals surface area contributed by atoms with Crippen molar-refractivity contribution in [3.63, 3.8) is 0 Å². The van der Waals surface area contributed by atoms with Crippen LogP contribution < -0.4 is 0 Å². The van der Waals surface area contributed by atoms with E-state index in [9.17, 15) is 4.39 Å². The molecule has 0 spiro atoms. The number of nitrogens with zero attached hydrogens (tertiary/aromatic N) is 1. The van der Waals surface area contributed by atoms with Gasteiger partial charge in [-0.3, -0.25) is 4.90 Å². The van der Waals surface area contributed by atoms with Crippen molar-refractivity contribution in [3.05, 3.63) is 12.2 Å². The fourth-order valence-electron chi connectivity index (χ4n) is 2.74. The zero-order valence-electron chi connectivity index (χ0n) is 9.65. The summed E-state index contributed by atoms with van der Waals surface area (Å²) in [5, 5.41) is 0. The summed E-state index contributed by atoms with van der Waals surface area (Å²) in [4.78, 5) is 2.28. The van der Waals surface area contributed by atoms with Crippen LogP contribution in [-0.2, 0) is 0 Å². The van der Waals surface area contributed by atoms with Crippen molar-refractivity contribution in [3.8, 4) is 0 Å². The van der Waals surface area contributed by atoms with Crippen LogP contribution in [0.2, 0.25) is 0 Å². The molecule has 0 aromatic rings. The van der Waals surface area contributed by atoms with E-state index in [4.69, 9.17) is 0 Å². The van der Waals surface area contributed by atoms with Gasteiger partial charge in [0.15, 0.2) is 0 Å². The van der Waals surface area contributed by atoms with Crippen LogP contribution in [0.25, 0.3) is 0 Å². The van der Waals surface area contributed by atoms with Crippen molar-refractivity contribution in [2.45, 2.75) is 51.7 Å². The summed E-state index contributed by atoms with van der Waals surface area (Å²) in [5.41, 5.74) is 1.43. The van der Waals surface area contributed by atoms with E-state index >= 15 is 0 Å². The fraction of sp³-hybridized carbons (Fsp3) is 0.833. The average Bonchev–Trinajstić information content (AvgIpc) is 2.60. The Labute approximate surface area is 87.0 Å². The summed E-state index contributed by atoms with van der Waals surface area (Å²) < 4.78 is 13.1. The number of rotatable bonds is 1. The molecular formula is C12H22FN. The molecule has 0 bridgehead atoms. The van der Waals surface area contributed by atoms with E-state index in [0.29, 0.717) is 6.54 Å². The predicted octanol–water partition coefficient (Wildman–Crippen LogP) is 3.17. The molecule has 2 atom stereocenters. The van der Waals surface area contributed by atoms with Gasteiger partial charge in [-0.25, -0.2) is 4.39 Å². The van der Waals surface area contributed by atoms with Gasteiger partial charge in [0.25, 0.3) is 0 Å². The Balaban J connectivity index is 0.000000461. The molecule has 0 amide bonds. The summed E-state index contributed by atoms with van der Waals surface area (Å²) in [7, 11) is 0. The molecule has 0 saturated carbocycles. The quantitative estimate of drug-likeness (QED) is 0.586. The molecule has 0 aromatic heterocycles. The molecule has 2 aliphatic heterocycles. The summed E-state index contributed by atoms with van der Waals surface area (Å²) in [6.45, 7) is 11.7. The molecule has 14 heavy (non-hydrogen) atoms. The molecule has 2 fully saturated rings. The minimum atomic E-state index is -0.599. The third-order valence-electron chi connectivity index (χ3n) is 3.34. The van der Waals surface area contributed by atoms with Crippen molar-refractivity contribution in [1.29, 1.82) is 0 Å². The fourth-order valence-corrected chi connectivity index (χ4v) is 2.74. The number of fused-ring (bicyclic) bond motifs is 1. The van der Waals surface area contributed by atoms with E-state index < -0.39 is 6.17 Å². The summed E-state index contributed by atoms with van der Waals surface area (Å²) in [5.74, 6) is 0. The SMILES string of the molecule is C=C1CN2C[C@@H](F)C[C@]2(CC)C1.CC. The Bertz CT molecular complexity index is 214. The van der Waals surface area contributed by atoms with Gasteiger partial charge in [0.2, 0.25) is 0 Å². The maximum Gasteiger partial charge on any atom is 0.115 e. The second-order valence-electron chi connectivity index (χ2n) is 4.19. The molecule has 0 N–H and O–H groups in total. The highest BCUT2D eigenvalue weighted by atomic mass is 19.1. The Morgan fingerprint density at radius 3 is 2.71 bits per heavy atom.